The summed E-state index contributed by atoms with van der Waals surface area (Å²) in [5.41, 5.74) is 0. The fourth-order valence-electron chi connectivity index (χ4n) is 1.08. The summed E-state index contributed by atoms with van der Waals surface area (Å²) in [6.07, 6.45) is 0. The molecule has 1 aromatic rings. The molecule has 5 heteroatoms. The van der Waals surface area contributed by atoms with Gasteiger partial charge in [-0.2, -0.15) is 12.1 Å². The third-order valence-corrected chi connectivity index (χ3v) is 7.52. The van der Waals surface area contributed by atoms with Gasteiger partial charge in [0.05, 0.1) is 12.9 Å². The van der Waals surface area contributed by atoms with Crippen LogP contribution >= 0.6 is 0 Å². The van der Waals surface area contributed by atoms with Crippen LogP contribution in [0.15, 0.2) is 18.2 Å². The standard InChI is InChI=1S/C13H21O2Si.BrH.Mg/c1-13(2,3)16(5,6)15-12-10-8-7-9-11(12)14-4;;/h7,9-10H,1-6H3;1H;/q-1;;+2/p-1. The van der Waals surface area contributed by atoms with Gasteiger partial charge < -0.3 is 26.1 Å². The van der Waals surface area contributed by atoms with Gasteiger partial charge >= 0.3 is 23.1 Å². The largest absolute Gasteiger partial charge is 2.00 e. The van der Waals surface area contributed by atoms with Crippen molar-refractivity contribution < 1.29 is 26.1 Å². The van der Waals surface area contributed by atoms with Crippen LogP contribution in [0.25, 0.3) is 0 Å². The SMILES string of the molecule is COc1cc[c-]cc1O[Si](C)(C)C(C)(C)C.[Br-].[Mg+2]. The minimum Gasteiger partial charge on any atom is -1.00 e. The first-order chi connectivity index (χ1) is 7.28. The molecule has 18 heavy (non-hydrogen) atoms. The van der Waals surface area contributed by atoms with Gasteiger partial charge in [-0.05, 0) is 18.1 Å². The summed E-state index contributed by atoms with van der Waals surface area (Å²) in [5.74, 6) is 1.58. The van der Waals surface area contributed by atoms with E-state index in [1.54, 1.807) is 7.11 Å². The van der Waals surface area contributed by atoms with Gasteiger partial charge in [-0.15, -0.1) is 12.1 Å². The van der Waals surface area contributed by atoms with Crippen molar-refractivity contribution in [3.05, 3.63) is 24.3 Å². The van der Waals surface area contributed by atoms with Crippen molar-refractivity contribution in [3.63, 3.8) is 0 Å². The normalized spacial score (nSPS) is 11.0. The quantitative estimate of drug-likeness (QED) is 0.589. The van der Waals surface area contributed by atoms with Gasteiger partial charge in [0.15, 0.2) is 0 Å². The second-order valence-corrected chi connectivity index (χ2v) is 10.2. The molecule has 0 heterocycles. The van der Waals surface area contributed by atoms with E-state index in [0.717, 1.165) is 11.5 Å². The second kappa shape index (κ2) is 7.77. The molecule has 0 saturated carbocycles. The molecule has 0 aromatic heterocycles. The molecule has 0 radical (unpaired) electrons. The van der Waals surface area contributed by atoms with Gasteiger partial charge in [0.25, 0.3) is 0 Å². The molecular weight excluding hydrogens is 320 g/mol. The maximum absolute atomic E-state index is 6.17. The molecule has 98 valence electrons. The number of ether oxygens (including phenoxy) is 1. The molecular formula is C13H21BrMgO2Si. The number of rotatable bonds is 3. The number of halogens is 1. The molecule has 0 amide bonds. The zero-order valence-corrected chi connectivity index (χ0v) is 16.1. The number of hydrogen-bond donors (Lipinski definition) is 0. The van der Waals surface area contributed by atoms with E-state index in [1.165, 1.54) is 0 Å². The molecule has 1 aromatic carbocycles. The van der Waals surface area contributed by atoms with Crippen molar-refractivity contribution in [2.24, 2.45) is 0 Å². The second-order valence-electron chi connectivity index (χ2n) is 5.44. The number of methoxy groups -OCH3 is 1. The van der Waals surface area contributed by atoms with E-state index in [2.05, 4.69) is 39.9 Å². The minimum absolute atomic E-state index is 0. The van der Waals surface area contributed by atoms with Crippen molar-refractivity contribution in [2.75, 3.05) is 7.11 Å². The van der Waals surface area contributed by atoms with Crippen LogP contribution in [0.2, 0.25) is 18.1 Å². The van der Waals surface area contributed by atoms with Crippen molar-refractivity contribution in [3.8, 4) is 11.5 Å². The van der Waals surface area contributed by atoms with Crippen molar-refractivity contribution in [1.29, 1.82) is 0 Å². The van der Waals surface area contributed by atoms with E-state index < -0.39 is 8.32 Å². The molecule has 0 spiro atoms. The third kappa shape index (κ3) is 5.11. The summed E-state index contributed by atoms with van der Waals surface area (Å²) in [7, 11) is -0.133. The Kier molecular flexibility index (Phi) is 8.89. The monoisotopic (exact) mass is 340 g/mol. The van der Waals surface area contributed by atoms with Crippen LogP contribution in [0.5, 0.6) is 11.5 Å². The van der Waals surface area contributed by atoms with E-state index in [1.807, 2.05) is 18.2 Å². The Morgan fingerprint density at radius 1 is 1.17 bits per heavy atom. The first-order valence-electron chi connectivity index (χ1n) is 5.51. The van der Waals surface area contributed by atoms with E-state index in [9.17, 15) is 0 Å². The van der Waals surface area contributed by atoms with Crippen LogP contribution in [0.1, 0.15) is 20.8 Å². The predicted molar refractivity (Wildman–Crippen MR) is 75.4 cm³/mol. The molecule has 0 fully saturated rings. The summed E-state index contributed by atoms with van der Waals surface area (Å²) >= 11 is 0. The van der Waals surface area contributed by atoms with Crippen molar-refractivity contribution >= 4 is 31.4 Å². The molecule has 0 N–H and O–H groups in total. The van der Waals surface area contributed by atoms with Gasteiger partial charge in [-0.1, -0.05) is 20.8 Å². The van der Waals surface area contributed by atoms with Crippen LogP contribution in [-0.4, -0.2) is 38.5 Å². The first kappa shape index (κ1) is 20.6. The summed E-state index contributed by atoms with van der Waals surface area (Å²) in [4.78, 5) is 0. The van der Waals surface area contributed by atoms with Crippen molar-refractivity contribution in [1.82, 2.24) is 0 Å². The molecule has 0 aliphatic carbocycles. The maximum Gasteiger partial charge on any atom is 2.00 e. The van der Waals surface area contributed by atoms with Crippen LogP contribution in [-0.2, 0) is 0 Å². The maximum atomic E-state index is 6.17. The minimum atomic E-state index is -1.79. The van der Waals surface area contributed by atoms with E-state index >= 15 is 0 Å². The van der Waals surface area contributed by atoms with Crippen LogP contribution in [0.4, 0.5) is 0 Å². The Bertz CT molecular complexity index is 364. The summed E-state index contributed by atoms with van der Waals surface area (Å²) in [6.45, 7) is 11.1. The van der Waals surface area contributed by atoms with Gasteiger partial charge in [0.2, 0.25) is 8.32 Å². The van der Waals surface area contributed by atoms with Gasteiger partial charge in [0, 0.05) is 5.75 Å². The average molecular weight is 342 g/mol. The van der Waals surface area contributed by atoms with Gasteiger partial charge in [0.1, 0.15) is 0 Å². The fourth-order valence-corrected chi connectivity index (χ4v) is 2.09. The molecule has 1 rings (SSSR count). The molecule has 0 aliphatic rings. The summed E-state index contributed by atoms with van der Waals surface area (Å²) in [6, 6.07) is 8.58. The zero-order valence-electron chi connectivity index (χ0n) is 12.1. The first-order valence-corrected chi connectivity index (χ1v) is 8.42. The Labute approximate surface area is 139 Å². The third-order valence-electron chi connectivity index (χ3n) is 3.18. The Morgan fingerprint density at radius 2 is 1.72 bits per heavy atom. The Balaban J connectivity index is 0. The molecule has 2 nitrogen and oxygen atoms in total. The van der Waals surface area contributed by atoms with Crippen LogP contribution in [0.3, 0.4) is 0 Å². The molecule has 0 aliphatic heterocycles. The number of benzene rings is 1. The Hall–Kier alpha value is 0.283. The van der Waals surface area contributed by atoms with Gasteiger partial charge in [-0.3, -0.25) is 0 Å². The Morgan fingerprint density at radius 3 is 2.17 bits per heavy atom. The molecule has 0 unspecified atom stereocenters. The fraction of sp³-hybridized carbons (Fsp3) is 0.538. The number of hydrogen-bond acceptors (Lipinski definition) is 2. The molecule has 0 saturated heterocycles. The predicted octanol–water partition coefficient (Wildman–Crippen LogP) is 0.503. The molecule has 0 atom stereocenters. The molecule has 0 bridgehead atoms. The summed E-state index contributed by atoms with van der Waals surface area (Å²) < 4.78 is 11.5. The van der Waals surface area contributed by atoms with E-state index in [0.29, 0.717) is 0 Å². The topological polar surface area (TPSA) is 18.5 Å². The van der Waals surface area contributed by atoms with E-state index in [-0.39, 0.29) is 45.1 Å². The smallest absolute Gasteiger partial charge is 1.00 e. The van der Waals surface area contributed by atoms with Gasteiger partial charge in [-0.25, -0.2) is 0 Å². The van der Waals surface area contributed by atoms with Crippen LogP contribution < -0.4 is 26.1 Å². The van der Waals surface area contributed by atoms with E-state index in [4.69, 9.17) is 9.16 Å². The zero-order chi connectivity index (χ0) is 12.4. The van der Waals surface area contributed by atoms with Crippen molar-refractivity contribution in [2.45, 2.75) is 38.9 Å². The average Bonchev–Trinajstić information content (AvgIpc) is 2.16. The summed E-state index contributed by atoms with van der Waals surface area (Å²) in [5, 5.41) is 0.188. The van der Waals surface area contributed by atoms with Crippen LogP contribution in [0, 0.1) is 6.07 Å².